The Morgan fingerprint density at radius 3 is 2.14 bits per heavy atom. The molecule has 2 heteroatoms. The molecule has 0 heterocycles. The molecule has 1 unspecified atom stereocenters. The Labute approximate surface area is 128 Å². The van der Waals surface area contributed by atoms with Crippen molar-refractivity contribution in [2.45, 2.75) is 40.7 Å². The normalized spacial score (nSPS) is 12.0. The molecule has 0 aliphatic carbocycles. The summed E-state index contributed by atoms with van der Waals surface area (Å²) in [6, 6.07) is 12.6. The fraction of sp³-hybridized carbons (Fsp3) is 0.368. The van der Waals surface area contributed by atoms with Crippen LogP contribution in [0.1, 0.15) is 29.2 Å². The number of nitrogens with one attached hydrogen (secondary N) is 1. The van der Waals surface area contributed by atoms with Crippen LogP contribution in [0.25, 0.3) is 0 Å². The average Bonchev–Trinajstić information content (AvgIpc) is 2.45. The molecular formula is C19H25NO. The highest BCUT2D eigenvalue weighted by Gasteiger charge is 2.09. The highest BCUT2D eigenvalue weighted by molar-refractivity contribution is 5.53. The molecule has 1 N–H and O–H groups in total. The van der Waals surface area contributed by atoms with E-state index in [1.807, 2.05) is 0 Å². The van der Waals surface area contributed by atoms with Crippen LogP contribution < -0.4 is 10.1 Å². The van der Waals surface area contributed by atoms with Gasteiger partial charge in [0.25, 0.3) is 0 Å². The number of benzene rings is 2. The predicted octanol–water partition coefficient (Wildman–Crippen LogP) is 4.80. The SMILES string of the molecule is Cc1cccc(NCC(C)Oc2c(C)cccc2C)c1C. The number of hydrogen-bond donors (Lipinski definition) is 1. The van der Waals surface area contributed by atoms with Crippen molar-refractivity contribution in [3.05, 3.63) is 58.7 Å². The molecule has 2 aromatic rings. The molecule has 0 fully saturated rings. The second kappa shape index (κ2) is 6.66. The van der Waals surface area contributed by atoms with E-state index in [9.17, 15) is 0 Å². The summed E-state index contributed by atoms with van der Waals surface area (Å²) >= 11 is 0. The summed E-state index contributed by atoms with van der Waals surface area (Å²) in [5.74, 6) is 1.01. The van der Waals surface area contributed by atoms with Gasteiger partial charge in [0.15, 0.2) is 0 Å². The van der Waals surface area contributed by atoms with Gasteiger partial charge in [0.2, 0.25) is 0 Å². The monoisotopic (exact) mass is 283 g/mol. The van der Waals surface area contributed by atoms with E-state index in [4.69, 9.17) is 4.74 Å². The Bertz CT molecular complexity index is 599. The number of aryl methyl sites for hydroxylation is 3. The summed E-state index contributed by atoms with van der Waals surface area (Å²) in [7, 11) is 0. The summed E-state index contributed by atoms with van der Waals surface area (Å²) in [6.07, 6.45) is 0.115. The van der Waals surface area contributed by atoms with Gasteiger partial charge in [-0.25, -0.2) is 0 Å². The second-order valence-corrected chi connectivity index (χ2v) is 5.78. The highest BCUT2D eigenvalue weighted by atomic mass is 16.5. The van der Waals surface area contributed by atoms with Crippen LogP contribution in [-0.2, 0) is 0 Å². The lowest BCUT2D eigenvalue weighted by atomic mass is 10.1. The molecule has 0 bridgehead atoms. The zero-order valence-electron chi connectivity index (χ0n) is 13.7. The molecule has 0 saturated carbocycles. The van der Waals surface area contributed by atoms with Crippen molar-refractivity contribution in [1.29, 1.82) is 0 Å². The van der Waals surface area contributed by atoms with Crippen LogP contribution >= 0.6 is 0 Å². The van der Waals surface area contributed by atoms with Gasteiger partial charge in [0.05, 0.1) is 6.54 Å². The van der Waals surface area contributed by atoms with E-state index in [1.165, 1.54) is 27.9 Å². The maximum Gasteiger partial charge on any atom is 0.125 e. The van der Waals surface area contributed by atoms with Crippen molar-refractivity contribution < 1.29 is 4.74 Å². The van der Waals surface area contributed by atoms with Crippen LogP contribution in [0.4, 0.5) is 5.69 Å². The third-order valence-electron chi connectivity index (χ3n) is 3.91. The van der Waals surface area contributed by atoms with Crippen molar-refractivity contribution in [2.75, 3.05) is 11.9 Å². The van der Waals surface area contributed by atoms with E-state index in [2.05, 4.69) is 76.3 Å². The zero-order chi connectivity index (χ0) is 15.4. The van der Waals surface area contributed by atoms with E-state index in [0.717, 1.165) is 12.3 Å². The van der Waals surface area contributed by atoms with E-state index >= 15 is 0 Å². The molecule has 112 valence electrons. The number of rotatable bonds is 5. The number of ether oxygens (including phenoxy) is 1. The van der Waals surface area contributed by atoms with Crippen LogP contribution in [0.5, 0.6) is 5.75 Å². The molecule has 1 atom stereocenters. The summed E-state index contributed by atoms with van der Waals surface area (Å²) < 4.78 is 6.11. The first kappa shape index (κ1) is 15.4. The van der Waals surface area contributed by atoms with Gasteiger partial charge in [-0.15, -0.1) is 0 Å². The van der Waals surface area contributed by atoms with Crippen LogP contribution in [0.2, 0.25) is 0 Å². The van der Waals surface area contributed by atoms with Crippen LogP contribution in [0.15, 0.2) is 36.4 Å². The summed E-state index contributed by atoms with van der Waals surface area (Å²) in [5.41, 5.74) is 6.18. The first-order chi connectivity index (χ1) is 9.99. The van der Waals surface area contributed by atoms with Crippen molar-refractivity contribution in [3.63, 3.8) is 0 Å². The summed E-state index contributed by atoms with van der Waals surface area (Å²) in [4.78, 5) is 0. The van der Waals surface area contributed by atoms with E-state index in [0.29, 0.717) is 0 Å². The van der Waals surface area contributed by atoms with Crippen LogP contribution in [0, 0.1) is 27.7 Å². The number of hydrogen-bond acceptors (Lipinski definition) is 2. The zero-order valence-corrected chi connectivity index (χ0v) is 13.7. The largest absolute Gasteiger partial charge is 0.488 e. The third kappa shape index (κ3) is 3.78. The average molecular weight is 283 g/mol. The Kier molecular flexibility index (Phi) is 4.89. The molecule has 0 spiro atoms. The minimum absolute atomic E-state index is 0.115. The minimum atomic E-state index is 0.115. The van der Waals surface area contributed by atoms with Crippen molar-refractivity contribution in [3.8, 4) is 5.75 Å². The van der Waals surface area contributed by atoms with Crippen molar-refractivity contribution >= 4 is 5.69 Å². The highest BCUT2D eigenvalue weighted by Crippen LogP contribution is 2.24. The van der Waals surface area contributed by atoms with Gasteiger partial charge >= 0.3 is 0 Å². The van der Waals surface area contributed by atoms with Gasteiger partial charge < -0.3 is 10.1 Å². The lowest BCUT2D eigenvalue weighted by molar-refractivity contribution is 0.231. The van der Waals surface area contributed by atoms with Crippen LogP contribution in [-0.4, -0.2) is 12.6 Å². The quantitative estimate of drug-likeness (QED) is 0.851. The molecule has 2 rings (SSSR count). The number of anilines is 1. The first-order valence-corrected chi connectivity index (χ1v) is 7.52. The smallest absolute Gasteiger partial charge is 0.125 e. The van der Waals surface area contributed by atoms with Gasteiger partial charge in [0.1, 0.15) is 11.9 Å². The molecule has 0 amide bonds. The summed E-state index contributed by atoms with van der Waals surface area (Å²) in [5, 5.41) is 3.49. The first-order valence-electron chi connectivity index (χ1n) is 7.52. The Morgan fingerprint density at radius 2 is 1.48 bits per heavy atom. The molecular weight excluding hydrogens is 258 g/mol. The van der Waals surface area contributed by atoms with E-state index in [1.54, 1.807) is 0 Å². The van der Waals surface area contributed by atoms with Gasteiger partial charge in [-0.2, -0.15) is 0 Å². The van der Waals surface area contributed by atoms with Gasteiger partial charge in [-0.3, -0.25) is 0 Å². The molecule has 2 aromatic carbocycles. The summed E-state index contributed by atoms with van der Waals surface area (Å²) in [6.45, 7) is 11.4. The topological polar surface area (TPSA) is 21.3 Å². The molecule has 2 nitrogen and oxygen atoms in total. The van der Waals surface area contributed by atoms with Crippen molar-refractivity contribution in [1.82, 2.24) is 0 Å². The van der Waals surface area contributed by atoms with Gasteiger partial charge in [0, 0.05) is 5.69 Å². The minimum Gasteiger partial charge on any atom is -0.488 e. The molecule has 0 aliphatic heterocycles. The Hall–Kier alpha value is -1.96. The fourth-order valence-electron chi connectivity index (χ4n) is 2.42. The van der Waals surface area contributed by atoms with Gasteiger partial charge in [-0.05, 0) is 62.9 Å². The lowest BCUT2D eigenvalue weighted by Crippen LogP contribution is -2.23. The van der Waals surface area contributed by atoms with Crippen LogP contribution in [0.3, 0.4) is 0 Å². The third-order valence-corrected chi connectivity index (χ3v) is 3.91. The molecule has 0 aromatic heterocycles. The molecule has 0 aliphatic rings. The predicted molar refractivity (Wildman–Crippen MR) is 90.4 cm³/mol. The van der Waals surface area contributed by atoms with E-state index in [-0.39, 0.29) is 6.10 Å². The standard InChI is InChI=1S/C19H25NO/c1-13-8-7-11-18(17(13)5)20-12-16(4)21-19-14(2)9-6-10-15(19)3/h6-11,16,20H,12H2,1-5H3. The van der Waals surface area contributed by atoms with Crippen molar-refractivity contribution in [2.24, 2.45) is 0 Å². The molecule has 21 heavy (non-hydrogen) atoms. The molecule has 0 radical (unpaired) electrons. The maximum absolute atomic E-state index is 6.11. The molecule has 0 saturated heterocycles. The Balaban J connectivity index is 1.99. The van der Waals surface area contributed by atoms with E-state index < -0.39 is 0 Å². The number of para-hydroxylation sites is 1. The van der Waals surface area contributed by atoms with Gasteiger partial charge in [-0.1, -0.05) is 30.3 Å². The lowest BCUT2D eigenvalue weighted by Gasteiger charge is -2.20. The second-order valence-electron chi connectivity index (χ2n) is 5.78. The maximum atomic E-state index is 6.11. The fourth-order valence-corrected chi connectivity index (χ4v) is 2.42. The Morgan fingerprint density at radius 1 is 0.905 bits per heavy atom.